The number of hydrogen-bond acceptors (Lipinski definition) is 2. The molecule has 0 atom stereocenters. The Morgan fingerprint density at radius 2 is 1.88 bits per heavy atom. The molecule has 0 aliphatic carbocycles. The van der Waals surface area contributed by atoms with Gasteiger partial charge in [0.2, 0.25) is 0 Å². The zero-order valence-corrected chi connectivity index (χ0v) is 10.9. The van der Waals surface area contributed by atoms with Crippen LogP contribution in [0.2, 0.25) is 0 Å². The van der Waals surface area contributed by atoms with Crippen LogP contribution in [-0.2, 0) is 11.3 Å². The van der Waals surface area contributed by atoms with Crippen LogP contribution in [0.1, 0.15) is 25.8 Å². The second kappa shape index (κ2) is 6.72. The molecule has 0 aliphatic heterocycles. The van der Waals surface area contributed by atoms with Crippen LogP contribution in [0.4, 0.5) is 4.39 Å². The van der Waals surface area contributed by atoms with Gasteiger partial charge in [0.1, 0.15) is 5.82 Å². The molecule has 17 heavy (non-hydrogen) atoms. The van der Waals surface area contributed by atoms with E-state index in [4.69, 9.17) is 4.74 Å². The highest BCUT2D eigenvalue weighted by Gasteiger charge is 2.16. The normalized spacial score (nSPS) is 11.8. The van der Waals surface area contributed by atoms with Gasteiger partial charge in [0.25, 0.3) is 0 Å². The number of halogens is 1. The van der Waals surface area contributed by atoms with Gasteiger partial charge in [0, 0.05) is 26.8 Å². The van der Waals surface area contributed by atoms with Crippen molar-refractivity contribution in [2.45, 2.75) is 26.8 Å². The first kappa shape index (κ1) is 14.1. The summed E-state index contributed by atoms with van der Waals surface area (Å²) >= 11 is 0. The summed E-state index contributed by atoms with van der Waals surface area (Å²) in [4.78, 5) is 0. The minimum absolute atomic E-state index is 0.186. The molecule has 0 saturated heterocycles. The fraction of sp³-hybridized carbons (Fsp3) is 0.571. The summed E-state index contributed by atoms with van der Waals surface area (Å²) in [6, 6.07) is 6.61. The van der Waals surface area contributed by atoms with Crippen LogP contribution in [0.15, 0.2) is 24.3 Å². The monoisotopic (exact) mass is 239 g/mol. The third-order valence-electron chi connectivity index (χ3n) is 2.83. The molecule has 1 aromatic carbocycles. The van der Waals surface area contributed by atoms with Crippen LogP contribution in [0.3, 0.4) is 0 Å². The Labute approximate surface area is 103 Å². The number of hydrogen-bond donors (Lipinski definition) is 1. The average Bonchev–Trinajstić information content (AvgIpc) is 2.29. The molecular weight excluding hydrogens is 217 g/mol. The summed E-state index contributed by atoms with van der Waals surface area (Å²) in [5.74, 6) is -0.186. The lowest BCUT2D eigenvalue weighted by Gasteiger charge is -2.24. The van der Waals surface area contributed by atoms with E-state index in [1.54, 1.807) is 7.11 Å². The lowest BCUT2D eigenvalue weighted by molar-refractivity contribution is 0.150. The third-order valence-corrected chi connectivity index (χ3v) is 2.83. The Hall–Kier alpha value is -0.930. The maximum Gasteiger partial charge on any atom is 0.123 e. The molecule has 0 bridgehead atoms. The topological polar surface area (TPSA) is 21.3 Å². The van der Waals surface area contributed by atoms with E-state index in [2.05, 4.69) is 19.2 Å². The van der Waals surface area contributed by atoms with E-state index in [1.807, 2.05) is 12.1 Å². The van der Waals surface area contributed by atoms with Gasteiger partial charge in [-0.2, -0.15) is 0 Å². The van der Waals surface area contributed by atoms with Crippen molar-refractivity contribution < 1.29 is 9.13 Å². The van der Waals surface area contributed by atoms with Crippen molar-refractivity contribution in [2.24, 2.45) is 5.41 Å². The molecule has 0 aromatic heterocycles. The van der Waals surface area contributed by atoms with E-state index in [-0.39, 0.29) is 11.2 Å². The summed E-state index contributed by atoms with van der Waals surface area (Å²) in [5, 5.41) is 3.39. The molecule has 0 amide bonds. The van der Waals surface area contributed by atoms with Crippen LogP contribution in [0.25, 0.3) is 0 Å². The smallest absolute Gasteiger partial charge is 0.123 e. The molecule has 0 heterocycles. The van der Waals surface area contributed by atoms with Gasteiger partial charge >= 0.3 is 0 Å². The molecule has 3 heteroatoms. The molecule has 0 fully saturated rings. The summed E-state index contributed by atoms with van der Waals surface area (Å²) in [6.07, 6.45) is 1.03. The number of nitrogens with one attached hydrogen (secondary N) is 1. The lowest BCUT2D eigenvalue weighted by Crippen LogP contribution is -2.30. The number of methoxy groups -OCH3 is 1. The predicted molar refractivity (Wildman–Crippen MR) is 68.4 cm³/mol. The van der Waals surface area contributed by atoms with Crippen LogP contribution >= 0.6 is 0 Å². The van der Waals surface area contributed by atoms with E-state index >= 15 is 0 Å². The van der Waals surface area contributed by atoms with Crippen LogP contribution < -0.4 is 5.32 Å². The minimum atomic E-state index is -0.186. The summed E-state index contributed by atoms with van der Waals surface area (Å²) < 4.78 is 17.8. The van der Waals surface area contributed by atoms with E-state index in [0.29, 0.717) is 0 Å². The second-order valence-corrected chi connectivity index (χ2v) is 5.14. The van der Waals surface area contributed by atoms with Gasteiger partial charge in [0.15, 0.2) is 0 Å². The quantitative estimate of drug-likeness (QED) is 0.790. The van der Waals surface area contributed by atoms with Crippen molar-refractivity contribution in [1.29, 1.82) is 0 Å². The maximum atomic E-state index is 12.7. The van der Waals surface area contributed by atoms with E-state index < -0.39 is 0 Å². The minimum Gasteiger partial charge on any atom is -0.385 e. The fourth-order valence-corrected chi connectivity index (χ4v) is 1.61. The van der Waals surface area contributed by atoms with Crippen LogP contribution in [0, 0.1) is 11.2 Å². The number of rotatable bonds is 7. The van der Waals surface area contributed by atoms with Gasteiger partial charge in [-0.05, 0) is 29.5 Å². The molecule has 0 spiro atoms. The van der Waals surface area contributed by atoms with Crippen molar-refractivity contribution in [3.05, 3.63) is 35.6 Å². The molecule has 0 unspecified atom stereocenters. The molecule has 0 radical (unpaired) electrons. The summed E-state index contributed by atoms with van der Waals surface area (Å²) in [7, 11) is 1.72. The van der Waals surface area contributed by atoms with Gasteiger partial charge in [-0.25, -0.2) is 4.39 Å². The van der Waals surface area contributed by atoms with Gasteiger partial charge in [0.05, 0.1) is 0 Å². The Balaban J connectivity index is 2.29. The molecule has 0 saturated carbocycles. The molecule has 2 nitrogen and oxygen atoms in total. The van der Waals surface area contributed by atoms with Crippen LogP contribution in [-0.4, -0.2) is 20.3 Å². The third kappa shape index (κ3) is 5.80. The van der Waals surface area contributed by atoms with Gasteiger partial charge in [-0.3, -0.25) is 0 Å². The molecule has 1 rings (SSSR count). The zero-order chi connectivity index (χ0) is 12.7. The van der Waals surface area contributed by atoms with Gasteiger partial charge < -0.3 is 10.1 Å². The first-order chi connectivity index (χ1) is 8.03. The zero-order valence-electron chi connectivity index (χ0n) is 10.9. The van der Waals surface area contributed by atoms with Crippen molar-refractivity contribution in [2.75, 3.05) is 20.3 Å². The molecular formula is C14H22FNO. The summed E-state index contributed by atoms with van der Waals surface area (Å²) in [5.41, 5.74) is 1.32. The summed E-state index contributed by atoms with van der Waals surface area (Å²) in [6.45, 7) is 6.91. The molecule has 0 aliphatic rings. The van der Waals surface area contributed by atoms with Crippen molar-refractivity contribution >= 4 is 0 Å². The Morgan fingerprint density at radius 3 is 2.47 bits per heavy atom. The first-order valence-corrected chi connectivity index (χ1v) is 5.98. The SMILES string of the molecule is COCCC(C)(C)CNCc1ccc(F)cc1. The lowest BCUT2D eigenvalue weighted by atomic mass is 9.89. The second-order valence-electron chi connectivity index (χ2n) is 5.14. The number of benzene rings is 1. The molecule has 1 N–H and O–H groups in total. The first-order valence-electron chi connectivity index (χ1n) is 5.98. The Morgan fingerprint density at radius 1 is 1.24 bits per heavy atom. The van der Waals surface area contributed by atoms with Crippen LogP contribution in [0.5, 0.6) is 0 Å². The average molecular weight is 239 g/mol. The van der Waals surface area contributed by atoms with E-state index in [1.165, 1.54) is 12.1 Å². The van der Waals surface area contributed by atoms with Gasteiger partial charge in [-0.15, -0.1) is 0 Å². The highest BCUT2D eigenvalue weighted by molar-refractivity contribution is 5.15. The fourth-order valence-electron chi connectivity index (χ4n) is 1.61. The highest BCUT2D eigenvalue weighted by Crippen LogP contribution is 2.18. The van der Waals surface area contributed by atoms with E-state index in [9.17, 15) is 4.39 Å². The highest BCUT2D eigenvalue weighted by atomic mass is 19.1. The van der Waals surface area contributed by atoms with Crippen molar-refractivity contribution in [1.82, 2.24) is 5.32 Å². The molecule has 1 aromatic rings. The number of ether oxygens (including phenoxy) is 1. The Kier molecular flexibility index (Phi) is 5.59. The van der Waals surface area contributed by atoms with Crippen molar-refractivity contribution in [3.63, 3.8) is 0 Å². The van der Waals surface area contributed by atoms with Crippen molar-refractivity contribution in [3.8, 4) is 0 Å². The predicted octanol–water partition coefficient (Wildman–Crippen LogP) is 2.98. The Bertz CT molecular complexity index is 321. The molecule has 96 valence electrons. The van der Waals surface area contributed by atoms with E-state index in [0.717, 1.165) is 31.7 Å². The largest absolute Gasteiger partial charge is 0.385 e. The van der Waals surface area contributed by atoms with Gasteiger partial charge in [-0.1, -0.05) is 26.0 Å². The maximum absolute atomic E-state index is 12.7. The standard InChI is InChI=1S/C14H22FNO/c1-14(2,8-9-17-3)11-16-10-12-4-6-13(15)7-5-12/h4-7,16H,8-11H2,1-3H3.